The first-order valence-corrected chi connectivity index (χ1v) is 12.5. The number of nitrogens with zero attached hydrogens (tertiary/aromatic N) is 2. The molecule has 8 nitrogen and oxygen atoms in total. The maximum atomic E-state index is 14.0. The van der Waals surface area contributed by atoms with E-state index in [2.05, 4.69) is 20.9 Å². The average Bonchev–Trinajstić information content (AvgIpc) is 3.16. The van der Waals surface area contributed by atoms with E-state index in [9.17, 15) is 23.5 Å². The SMILES string of the molecule is Cn1c(Nc2c(Cl)ccc(CNC(=O)C(C)(C)C)c2Cl)nc2cc(C(=O)Nc3c(F)cccc3F)c(O)cc21. The van der Waals surface area contributed by atoms with Gasteiger partial charge in [0, 0.05) is 25.1 Å². The van der Waals surface area contributed by atoms with E-state index in [1.807, 2.05) is 0 Å². The third kappa shape index (κ3) is 5.76. The number of carbonyl (C=O) groups excluding carboxylic acids is 2. The monoisotopic (exact) mass is 575 g/mol. The Balaban J connectivity index is 1.63. The molecule has 39 heavy (non-hydrogen) atoms. The molecule has 1 aromatic heterocycles. The molecule has 2 amide bonds. The van der Waals surface area contributed by atoms with Crippen molar-refractivity contribution in [2.24, 2.45) is 12.5 Å². The minimum absolute atomic E-state index is 0.143. The first-order chi connectivity index (χ1) is 18.3. The summed E-state index contributed by atoms with van der Waals surface area (Å²) in [5.74, 6) is -3.12. The van der Waals surface area contributed by atoms with E-state index in [1.165, 1.54) is 18.2 Å². The average molecular weight is 576 g/mol. The molecule has 0 aliphatic carbocycles. The summed E-state index contributed by atoms with van der Waals surface area (Å²) < 4.78 is 29.6. The zero-order chi connectivity index (χ0) is 28.6. The van der Waals surface area contributed by atoms with Gasteiger partial charge in [0.2, 0.25) is 11.9 Å². The Morgan fingerprint density at radius 1 is 1.05 bits per heavy atom. The first kappa shape index (κ1) is 28.1. The van der Waals surface area contributed by atoms with E-state index in [0.717, 1.165) is 12.1 Å². The molecule has 0 spiro atoms. The Morgan fingerprint density at radius 3 is 2.36 bits per heavy atom. The highest BCUT2D eigenvalue weighted by Crippen LogP contribution is 2.37. The number of rotatable bonds is 6. The van der Waals surface area contributed by atoms with Gasteiger partial charge in [-0.1, -0.05) is 56.1 Å². The van der Waals surface area contributed by atoms with Crippen LogP contribution in [0, 0.1) is 17.0 Å². The number of para-hydroxylation sites is 1. The Kier molecular flexibility index (Phi) is 7.72. The van der Waals surface area contributed by atoms with E-state index >= 15 is 0 Å². The molecule has 4 aromatic rings. The molecule has 12 heteroatoms. The molecule has 0 bridgehead atoms. The lowest BCUT2D eigenvalue weighted by Crippen LogP contribution is -2.34. The lowest BCUT2D eigenvalue weighted by Gasteiger charge is -2.19. The minimum Gasteiger partial charge on any atom is -0.507 e. The quantitative estimate of drug-likeness (QED) is 0.209. The number of anilines is 3. The number of hydrogen-bond acceptors (Lipinski definition) is 5. The van der Waals surface area contributed by atoms with Crippen LogP contribution in [0.5, 0.6) is 5.75 Å². The number of benzene rings is 3. The van der Waals surface area contributed by atoms with E-state index in [1.54, 1.807) is 44.5 Å². The number of nitrogens with one attached hydrogen (secondary N) is 3. The molecule has 0 aliphatic heterocycles. The van der Waals surface area contributed by atoms with Gasteiger partial charge in [-0.15, -0.1) is 0 Å². The number of halogens is 4. The van der Waals surface area contributed by atoms with Gasteiger partial charge in [0.15, 0.2) is 0 Å². The van der Waals surface area contributed by atoms with Gasteiger partial charge >= 0.3 is 0 Å². The number of imidazole rings is 1. The lowest BCUT2D eigenvalue weighted by molar-refractivity contribution is -0.128. The topological polar surface area (TPSA) is 108 Å². The Morgan fingerprint density at radius 2 is 1.72 bits per heavy atom. The second kappa shape index (κ2) is 10.7. The van der Waals surface area contributed by atoms with Crippen LogP contribution in [0.4, 0.5) is 26.1 Å². The molecule has 0 radical (unpaired) electrons. The molecule has 0 fully saturated rings. The summed E-state index contributed by atoms with van der Waals surface area (Å²) in [6.07, 6.45) is 0. The van der Waals surface area contributed by atoms with E-state index in [-0.39, 0.29) is 29.0 Å². The van der Waals surface area contributed by atoms with Crippen LogP contribution in [0.25, 0.3) is 11.0 Å². The highest BCUT2D eigenvalue weighted by Gasteiger charge is 2.23. The zero-order valence-corrected chi connectivity index (χ0v) is 22.9. The number of fused-ring (bicyclic) bond motifs is 1. The van der Waals surface area contributed by atoms with Crippen LogP contribution in [0.3, 0.4) is 0 Å². The van der Waals surface area contributed by atoms with E-state index < -0.39 is 34.4 Å². The summed E-state index contributed by atoms with van der Waals surface area (Å²) in [5, 5.41) is 19.2. The van der Waals surface area contributed by atoms with Gasteiger partial charge in [0.05, 0.1) is 32.3 Å². The van der Waals surface area contributed by atoms with Gasteiger partial charge < -0.3 is 25.6 Å². The molecule has 204 valence electrons. The van der Waals surface area contributed by atoms with Crippen LogP contribution in [0.2, 0.25) is 10.0 Å². The normalized spacial score (nSPS) is 11.5. The fourth-order valence-electron chi connectivity index (χ4n) is 3.72. The Hall–Kier alpha value is -3.89. The number of aryl methyl sites for hydroxylation is 1. The molecule has 4 N–H and O–H groups in total. The third-order valence-electron chi connectivity index (χ3n) is 5.97. The van der Waals surface area contributed by atoms with Gasteiger partial charge in [-0.3, -0.25) is 9.59 Å². The van der Waals surface area contributed by atoms with Crippen LogP contribution >= 0.6 is 23.2 Å². The van der Waals surface area contributed by atoms with Crippen molar-refractivity contribution in [3.8, 4) is 5.75 Å². The van der Waals surface area contributed by atoms with Crippen molar-refractivity contribution in [1.82, 2.24) is 14.9 Å². The van der Waals surface area contributed by atoms with Crippen molar-refractivity contribution in [2.45, 2.75) is 27.3 Å². The van der Waals surface area contributed by atoms with Gasteiger partial charge in [-0.2, -0.15) is 0 Å². The molecule has 3 aromatic carbocycles. The zero-order valence-electron chi connectivity index (χ0n) is 21.4. The number of aromatic nitrogens is 2. The molecule has 1 heterocycles. The molecule has 0 saturated heterocycles. The maximum absolute atomic E-state index is 14.0. The summed E-state index contributed by atoms with van der Waals surface area (Å²) in [6, 6.07) is 9.11. The highest BCUT2D eigenvalue weighted by molar-refractivity contribution is 6.39. The van der Waals surface area contributed by atoms with Crippen LogP contribution in [-0.4, -0.2) is 26.5 Å². The largest absolute Gasteiger partial charge is 0.507 e. The minimum atomic E-state index is -0.956. The molecule has 4 rings (SSSR count). The number of phenols is 1. The standard InChI is InChI=1S/C27H25Cl2F2N5O3/c1-27(2,3)25(39)32-12-13-8-9-15(28)22(21(13)29)35-26-33-18-10-14(20(37)11-19(18)36(26)4)24(38)34-23-16(30)6-5-7-17(23)31/h5-11,37H,12H2,1-4H3,(H,32,39)(H,33,35)(H,34,38). The van der Waals surface area contributed by atoms with Gasteiger partial charge in [-0.05, 0) is 29.8 Å². The number of carbonyl (C=O) groups is 2. The highest BCUT2D eigenvalue weighted by atomic mass is 35.5. The van der Waals surface area contributed by atoms with Crippen molar-refractivity contribution >= 4 is 63.4 Å². The molecule has 0 atom stereocenters. The van der Waals surface area contributed by atoms with Gasteiger partial charge in [0.25, 0.3) is 5.91 Å². The predicted molar refractivity (Wildman–Crippen MR) is 148 cm³/mol. The van der Waals surface area contributed by atoms with E-state index in [0.29, 0.717) is 27.3 Å². The van der Waals surface area contributed by atoms with Crippen LogP contribution in [-0.2, 0) is 18.4 Å². The van der Waals surface area contributed by atoms with Crippen LogP contribution in [0.1, 0.15) is 36.7 Å². The second-order valence-electron chi connectivity index (χ2n) is 9.86. The number of aromatic hydroxyl groups is 1. The third-order valence-corrected chi connectivity index (χ3v) is 6.72. The fourth-order valence-corrected chi connectivity index (χ4v) is 4.25. The van der Waals surface area contributed by atoms with Crippen LogP contribution < -0.4 is 16.0 Å². The summed E-state index contributed by atoms with van der Waals surface area (Å²) in [5.41, 5.74) is 0.281. The van der Waals surface area contributed by atoms with E-state index in [4.69, 9.17) is 23.2 Å². The molecular weight excluding hydrogens is 551 g/mol. The summed E-state index contributed by atoms with van der Waals surface area (Å²) in [6.45, 7) is 5.58. The fraction of sp³-hybridized carbons (Fsp3) is 0.222. The Bertz CT molecular complexity index is 1600. The summed E-state index contributed by atoms with van der Waals surface area (Å²) in [4.78, 5) is 29.5. The molecular formula is C27H25Cl2F2N5O3. The van der Waals surface area contributed by atoms with Gasteiger partial charge in [-0.25, -0.2) is 13.8 Å². The van der Waals surface area contributed by atoms with Crippen molar-refractivity contribution in [3.63, 3.8) is 0 Å². The van der Waals surface area contributed by atoms with Crippen molar-refractivity contribution in [2.75, 3.05) is 10.6 Å². The summed E-state index contributed by atoms with van der Waals surface area (Å²) in [7, 11) is 1.67. The van der Waals surface area contributed by atoms with Gasteiger partial charge in [0.1, 0.15) is 23.1 Å². The molecule has 0 saturated carbocycles. The number of phenolic OH excluding ortho intramolecular Hbond substituents is 1. The maximum Gasteiger partial charge on any atom is 0.259 e. The Labute approximate surface area is 232 Å². The molecule has 0 unspecified atom stereocenters. The second-order valence-corrected chi connectivity index (χ2v) is 10.6. The predicted octanol–water partition coefficient (Wildman–Crippen LogP) is 6.52. The first-order valence-electron chi connectivity index (χ1n) is 11.7. The van der Waals surface area contributed by atoms with Crippen molar-refractivity contribution < 1.29 is 23.5 Å². The van der Waals surface area contributed by atoms with Crippen molar-refractivity contribution in [3.05, 3.63) is 75.3 Å². The summed E-state index contributed by atoms with van der Waals surface area (Å²) >= 11 is 13.0. The smallest absolute Gasteiger partial charge is 0.259 e. The lowest BCUT2D eigenvalue weighted by atomic mass is 9.95. The van der Waals surface area contributed by atoms with Crippen molar-refractivity contribution in [1.29, 1.82) is 0 Å². The number of hydrogen-bond donors (Lipinski definition) is 4. The molecule has 0 aliphatic rings. The van der Waals surface area contributed by atoms with Crippen LogP contribution in [0.15, 0.2) is 42.5 Å². The number of amides is 2.